The quantitative estimate of drug-likeness (QED) is 0.145. The van der Waals surface area contributed by atoms with Crippen LogP contribution in [0.4, 0.5) is 0 Å². The molecule has 0 aliphatic carbocycles. The summed E-state index contributed by atoms with van der Waals surface area (Å²) < 4.78 is 1.94. The Morgan fingerprint density at radius 2 is 0.764 bits per heavy atom. The zero-order valence-corrected chi connectivity index (χ0v) is 37.6. The molecule has 0 atom stereocenters. The van der Waals surface area contributed by atoms with E-state index in [4.69, 9.17) is 15.0 Å². The molecule has 1 heterocycles. The molecule has 0 amide bonds. The largest absolute Gasteiger partial charge is 0.208 e. The van der Waals surface area contributed by atoms with Crippen molar-refractivity contribution in [3.63, 3.8) is 0 Å². The molecule has 6 aromatic rings. The number of rotatable bonds is 9. The Morgan fingerprint density at radius 3 is 1.09 bits per heavy atom. The van der Waals surface area contributed by atoms with Gasteiger partial charge in [0.1, 0.15) is 0 Å². The third-order valence-corrected chi connectivity index (χ3v) is 11.4. The van der Waals surface area contributed by atoms with Crippen molar-refractivity contribution < 1.29 is 0 Å². The number of hydrogen-bond acceptors (Lipinski definition) is 3. The lowest BCUT2D eigenvalue weighted by Gasteiger charge is -2.33. The monoisotopic (exact) mass is 855 g/mol. The standard InChI is InChI=1S/C50H55Br2N3/c1-32-42(33-18-22-38(23-19-33)49(8,9)30-47(2,3)4)28-37(29-43(32)34-20-24-39(25-21-34)50(10,11)31-48(5,6)7)46-54-44(35-14-12-16-40(51)26-35)53-45(55-46)36-15-13-17-41(52)27-36/h12-29H,30-31H2,1-11H3. The lowest BCUT2D eigenvalue weighted by Crippen LogP contribution is -2.24. The van der Waals surface area contributed by atoms with Gasteiger partial charge >= 0.3 is 0 Å². The Bertz CT molecular complexity index is 2150. The maximum atomic E-state index is 5.17. The van der Waals surface area contributed by atoms with Gasteiger partial charge in [-0.15, -0.1) is 0 Å². The van der Waals surface area contributed by atoms with Crippen LogP contribution in [0.1, 0.15) is 98.8 Å². The van der Waals surface area contributed by atoms with Crippen LogP contribution < -0.4 is 0 Å². The molecule has 0 unspecified atom stereocenters. The number of aromatic nitrogens is 3. The Labute approximate surface area is 346 Å². The van der Waals surface area contributed by atoms with Crippen LogP contribution in [0.3, 0.4) is 0 Å². The maximum Gasteiger partial charge on any atom is 0.164 e. The van der Waals surface area contributed by atoms with Crippen molar-refractivity contribution >= 4 is 31.9 Å². The van der Waals surface area contributed by atoms with Crippen molar-refractivity contribution in [3.05, 3.63) is 135 Å². The Kier molecular flexibility index (Phi) is 11.5. The molecule has 0 bridgehead atoms. The smallest absolute Gasteiger partial charge is 0.164 e. The lowest BCUT2D eigenvalue weighted by atomic mass is 9.72. The summed E-state index contributed by atoms with van der Waals surface area (Å²) in [5.41, 5.74) is 12.0. The second-order valence-corrected chi connectivity index (χ2v) is 20.8. The fourth-order valence-corrected chi connectivity index (χ4v) is 9.32. The van der Waals surface area contributed by atoms with E-state index < -0.39 is 0 Å². The summed E-state index contributed by atoms with van der Waals surface area (Å²) in [6.45, 7) is 25.6. The molecule has 55 heavy (non-hydrogen) atoms. The van der Waals surface area contributed by atoms with Gasteiger partial charge < -0.3 is 0 Å². The first-order valence-electron chi connectivity index (χ1n) is 19.3. The van der Waals surface area contributed by atoms with Gasteiger partial charge in [-0.3, -0.25) is 0 Å². The Balaban J connectivity index is 1.55. The molecule has 0 saturated carbocycles. The molecular formula is C50H55Br2N3. The van der Waals surface area contributed by atoms with E-state index in [0.717, 1.165) is 38.5 Å². The van der Waals surface area contributed by atoms with Crippen molar-refractivity contribution in [2.24, 2.45) is 10.8 Å². The van der Waals surface area contributed by atoms with Gasteiger partial charge in [0.25, 0.3) is 0 Å². The Morgan fingerprint density at radius 1 is 0.418 bits per heavy atom. The summed E-state index contributed by atoms with van der Waals surface area (Å²) in [6, 6.07) is 39.2. The number of hydrogen-bond donors (Lipinski definition) is 0. The van der Waals surface area contributed by atoms with E-state index in [0.29, 0.717) is 17.5 Å². The second kappa shape index (κ2) is 15.5. The number of halogens is 2. The lowest BCUT2D eigenvalue weighted by molar-refractivity contribution is 0.283. The second-order valence-electron chi connectivity index (χ2n) is 18.9. The topological polar surface area (TPSA) is 38.7 Å². The molecule has 0 aliphatic rings. The maximum absolute atomic E-state index is 5.17. The summed E-state index contributed by atoms with van der Waals surface area (Å²) in [5.74, 6) is 1.88. The fourth-order valence-electron chi connectivity index (χ4n) is 8.52. The predicted molar refractivity (Wildman–Crippen MR) is 241 cm³/mol. The van der Waals surface area contributed by atoms with Gasteiger partial charge in [0, 0.05) is 25.6 Å². The molecule has 3 nitrogen and oxygen atoms in total. The van der Waals surface area contributed by atoms with Gasteiger partial charge in [0.15, 0.2) is 17.5 Å². The molecule has 5 heteroatoms. The van der Waals surface area contributed by atoms with E-state index in [9.17, 15) is 0 Å². The van der Waals surface area contributed by atoms with Gasteiger partial charge in [-0.25, -0.2) is 15.0 Å². The Hall–Kier alpha value is -3.93. The molecule has 0 fully saturated rings. The van der Waals surface area contributed by atoms with Crippen LogP contribution in [0.25, 0.3) is 56.4 Å². The molecule has 0 radical (unpaired) electrons. The summed E-state index contributed by atoms with van der Waals surface area (Å²) in [5, 5.41) is 0. The summed E-state index contributed by atoms with van der Waals surface area (Å²) in [4.78, 5) is 15.3. The van der Waals surface area contributed by atoms with Crippen molar-refractivity contribution in [2.45, 2.75) is 99.8 Å². The van der Waals surface area contributed by atoms with Crippen LogP contribution in [0.2, 0.25) is 0 Å². The summed E-state index contributed by atoms with van der Waals surface area (Å²) in [7, 11) is 0. The molecule has 6 rings (SSSR count). The normalized spacial score (nSPS) is 12.6. The first-order chi connectivity index (χ1) is 25.7. The highest BCUT2D eigenvalue weighted by atomic mass is 79.9. The molecule has 0 aliphatic heterocycles. The van der Waals surface area contributed by atoms with Crippen molar-refractivity contribution in [1.29, 1.82) is 0 Å². The predicted octanol–water partition coefficient (Wildman–Crippen LogP) is 15.5. The van der Waals surface area contributed by atoms with Crippen molar-refractivity contribution in [3.8, 4) is 56.4 Å². The van der Waals surface area contributed by atoms with Crippen LogP contribution >= 0.6 is 31.9 Å². The van der Waals surface area contributed by atoms with Crippen molar-refractivity contribution in [2.75, 3.05) is 0 Å². The third kappa shape index (κ3) is 9.91. The van der Waals surface area contributed by atoms with Gasteiger partial charge in [0.2, 0.25) is 0 Å². The minimum absolute atomic E-state index is 0.0535. The first kappa shape index (κ1) is 40.7. The third-order valence-electron chi connectivity index (χ3n) is 10.4. The minimum Gasteiger partial charge on any atom is -0.208 e. The van der Waals surface area contributed by atoms with Crippen molar-refractivity contribution in [1.82, 2.24) is 15.0 Å². The van der Waals surface area contributed by atoms with E-state index in [2.05, 4.69) is 181 Å². The summed E-state index contributed by atoms with van der Waals surface area (Å²) >= 11 is 7.32. The van der Waals surface area contributed by atoms with Crippen LogP contribution in [-0.4, -0.2) is 15.0 Å². The first-order valence-corrected chi connectivity index (χ1v) is 20.9. The van der Waals surface area contributed by atoms with E-state index in [-0.39, 0.29) is 21.7 Å². The van der Waals surface area contributed by atoms with Gasteiger partial charge in [-0.1, -0.05) is 174 Å². The average Bonchev–Trinajstić information content (AvgIpc) is 3.10. The van der Waals surface area contributed by atoms with E-state index in [1.54, 1.807) is 0 Å². The van der Waals surface area contributed by atoms with E-state index in [1.165, 1.54) is 38.9 Å². The molecule has 0 spiro atoms. The van der Waals surface area contributed by atoms with Crippen LogP contribution in [0, 0.1) is 17.8 Å². The summed E-state index contributed by atoms with van der Waals surface area (Å²) in [6.07, 6.45) is 2.20. The fraction of sp³-hybridized carbons (Fsp3) is 0.340. The molecule has 0 N–H and O–H groups in total. The zero-order chi connectivity index (χ0) is 39.9. The zero-order valence-electron chi connectivity index (χ0n) is 34.4. The SMILES string of the molecule is Cc1c(-c2ccc(C(C)(C)CC(C)(C)C)cc2)cc(-c2nc(-c3cccc(Br)c3)nc(-c3cccc(Br)c3)n2)cc1-c1ccc(C(C)(C)CC(C)(C)C)cc1. The van der Waals surface area contributed by atoms with E-state index in [1.807, 2.05) is 36.4 Å². The molecule has 0 saturated heterocycles. The molecule has 5 aromatic carbocycles. The van der Waals surface area contributed by atoms with Crippen LogP contribution in [-0.2, 0) is 10.8 Å². The van der Waals surface area contributed by atoms with E-state index >= 15 is 0 Å². The molecule has 284 valence electrons. The van der Waals surface area contributed by atoms with Gasteiger partial charge in [-0.2, -0.15) is 0 Å². The van der Waals surface area contributed by atoms with Gasteiger partial charge in [-0.05, 0) is 117 Å². The number of benzene rings is 5. The molecule has 1 aromatic heterocycles. The minimum atomic E-state index is 0.0535. The van der Waals surface area contributed by atoms with Crippen LogP contribution in [0.5, 0.6) is 0 Å². The highest BCUT2D eigenvalue weighted by molar-refractivity contribution is 9.10. The average molecular weight is 858 g/mol. The number of nitrogens with zero attached hydrogens (tertiary/aromatic N) is 3. The molecular weight excluding hydrogens is 802 g/mol. The highest BCUT2D eigenvalue weighted by Crippen LogP contribution is 2.42. The van der Waals surface area contributed by atoms with Gasteiger partial charge in [0.05, 0.1) is 0 Å². The van der Waals surface area contributed by atoms with Crippen LogP contribution in [0.15, 0.2) is 118 Å². The highest BCUT2D eigenvalue weighted by Gasteiger charge is 2.29.